The average Bonchev–Trinajstić information content (AvgIpc) is 2.99. The molecule has 3 N–H and O–H groups in total. The minimum absolute atomic E-state index is 0. The Kier molecular flexibility index (Phi) is 14.3. The molecule has 0 spiro atoms. The third kappa shape index (κ3) is 9.80. The molecule has 0 aliphatic heterocycles. The zero-order valence-corrected chi connectivity index (χ0v) is 22.1. The molecule has 5 heterocycles. The number of aromatic nitrogens is 6. The molecule has 1 radical (unpaired) electrons. The monoisotopic (exact) mass is 590 g/mol. The number of hydrogen-bond acceptors (Lipinski definition) is 11. The Morgan fingerprint density at radius 3 is 1.07 bits per heavy atom. The molecule has 5 rings (SSSR count). The predicted octanol–water partition coefficient (Wildman–Crippen LogP) is 3.77. The summed E-state index contributed by atoms with van der Waals surface area (Å²) < 4.78 is 0. The summed E-state index contributed by atoms with van der Waals surface area (Å²) in [6.45, 7) is 0. The quantitative estimate of drug-likeness (QED) is 0.0733. The summed E-state index contributed by atoms with van der Waals surface area (Å²) in [5, 5.41) is 29.6. The van der Waals surface area contributed by atoms with Crippen LogP contribution in [0.2, 0.25) is 0 Å². The van der Waals surface area contributed by atoms with Crippen LogP contribution in [0.1, 0.15) is 0 Å². The van der Waals surface area contributed by atoms with E-state index >= 15 is 0 Å². The fourth-order valence-corrected chi connectivity index (χ4v) is 3.18. The second kappa shape index (κ2) is 17.7. The van der Waals surface area contributed by atoms with Crippen LogP contribution in [0, 0.1) is 26.8 Å². The van der Waals surface area contributed by atoms with E-state index < -0.39 is 5.09 Å². The second-order valence-electron chi connectivity index (χ2n) is 7.01. The Bertz CT molecular complexity index is 1400. The van der Waals surface area contributed by atoms with Crippen molar-refractivity contribution in [1.82, 2.24) is 29.9 Å². The van der Waals surface area contributed by atoms with Crippen molar-refractivity contribution in [2.24, 2.45) is 4.99 Å². The van der Waals surface area contributed by atoms with E-state index in [0.29, 0.717) is 22.8 Å². The molecule has 5 aromatic rings. The van der Waals surface area contributed by atoms with Crippen molar-refractivity contribution >= 4 is 6.01 Å². The molecule has 0 atom stereocenters. The maximum absolute atomic E-state index is 8.25. The summed E-state index contributed by atoms with van der Waals surface area (Å²) in [4.78, 5) is 38.9. The van der Waals surface area contributed by atoms with Crippen LogP contribution in [0.3, 0.4) is 0 Å². The molecule has 15 heteroatoms. The van der Waals surface area contributed by atoms with Crippen molar-refractivity contribution in [2.75, 3.05) is 0 Å². The summed E-state index contributed by atoms with van der Waals surface area (Å²) >= 11 is 0. The van der Waals surface area contributed by atoms with Gasteiger partial charge in [-0.05, 0) is 48.5 Å². The molecular formula is C26H19MnN10O4+. The Morgan fingerprint density at radius 2 is 0.927 bits per heavy atom. The Balaban J connectivity index is 0.000000673. The Labute approximate surface area is 243 Å². The third-order valence-corrected chi connectivity index (χ3v) is 4.63. The standard InChI is InChI=1S/C24H16N6.C2N3.Mn.NO3.H2O/c1-5-13-25-17(9-1)21-22(18-10-2-6-14-26-18)30-24(20-12-4-8-16-28-20)23(29-21)19-11-3-7-15-27-19;3-1-5-2-4;;2-1(3)4;/h1-16H;;;;1H2/q;-1;+2;-1;/p+1. The minimum Gasteiger partial charge on any atom is -0.457 e. The number of pyridine rings is 4. The van der Waals surface area contributed by atoms with Gasteiger partial charge in [-0.25, -0.2) is 9.97 Å². The largest absolute Gasteiger partial charge is 2.00 e. The van der Waals surface area contributed by atoms with E-state index in [1.165, 1.54) is 12.2 Å². The first-order valence-electron chi connectivity index (χ1n) is 10.9. The van der Waals surface area contributed by atoms with Crippen LogP contribution < -0.4 is 0 Å². The van der Waals surface area contributed by atoms with E-state index in [-0.39, 0.29) is 22.5 Å². The molecule has 0 unspecified atom stereocenters. The zero-order valence-electron chi connectivity index (χ0n) is 20.9. The summed E-state index contributed by atoms with van der Waals surface area (Å²) in [5.41, 5.74) is 5.46. The summed E-state index contributed by atoms with van der Waals surface area (Å²) in [6.07, 6.45) is 8.25. The molecule has 14 nitrogen and oxygen atoms in total. The Morgan fingerprint density at radius 1 is 0.659 bits per heavy atom. The molecule has 0 aromatic carbocycles. The Hall–Kier alpha value is -5.77. The molecular weight excluding hydrogens is 571 g/mol. The van der Waals surface area contributed by atoms with Crippen molar-refractivity contribution in [3.05, 3.63) is 118 Å². The molecule has 0 aliphatic rings. The number of rotatable bonds is 4. The SMILES string of the molecule is N#CN=C=[N-].O=[N+]([O-])[O-].[Mn+2].[OH3+].c1ccc(-c2nc(-c3ccccn3)c(-c3ccccn3)nc2-c2ccccn2)nc1. The average molecular weight is 590 g/mol. The van der Waals surface area contributed by atoms with E-state index in [4.69, 9.17) is 36.0 Å². The van der Waals surface area contributed by atoms with E-state index in [9.17, 15) is 0 Å². The number of nitriles is 1. The number of nitrogens with zero attached hydrogens (tertiary/aromatic N) is 10. The van der Waals surface area contributed by atoms with Crippen molar-refractivity contribution in [3.63, 3.8) is 0 Å². The molecule has 203 valence electrons. The molecule has 0 saturated heterocycles. The number of hydrogen-bond donors (Lipinski definition) is 0. The topological polar surface area (TPSA) is 235 Å². The first kappa shape index (κ1) is 33.3. The van der Waals surface area contributed by atoms with Gasteiger partial charge in [0.25, 0.3) is 0 Å². The van der Waals surface area contributed by atoms with E-state index in [1.54, 1.807) is 24.8 Å². The van der Waals surface area contributed by atoms with Gasteiger partial charge < -0.3 is 31.2 Å². The summed E-state index contributed by atoms with van der Waals surface area (Å²) in [5.74, 6) is 0. The normalized spacial score (nSPS) is 8.85. The van der Waals surface area contributed by atoms with Gasteiger partial charge >= 0.3 is 17.1 Å². The molecule has 0 bridgehead atoms. The third-order valence-electron chi connectivity index (χ3n) is 4.63. The van der Waals surface area contributed by atoms with Gasteiger partial charge in [0, 0.05) is 24.8 Å². The first-order valence-corrected chi connectivity index (χ1v) is 10.9. The van der Waals surface area contributed by atoms with E-state index in [2.05, 4.69) is 24.9 Å². The van der Waals surface area contributed by atoms with E-state index in [0.717, 1.165) is 22.8 Å². The van der Waals surface area contributed by atoms with Gasteiger partial charge in [-0.3, -0.25) is 19.9 Å². The van der Waals surface area contributed by atoms with Gasteiger partial charge in [-0.15, -0.1) is 6.01 Å². The van der Waals surface area contributed by atoms with Crippen LogP contribution in [-0.4, -0.2) is 41.0 Å². The van der Waals surface area contributed by atoms with Crippen molar-refractivity contribution < 1.29 is 27.6 Å². The molecule has 41 heavy (non-hydrogen) atoms. The van der Waals surface area contributed by atoms with Crippen LogP contribution in [0.5, 0.6) is 0 Å². The van der Waals surface area contributed by atoms with Crippen molar-refractivity contribution in [1.29, 1.82) is 5.26 Å². The predicted molar refractivity (Wildman–Crippen MR) is 147 cm³/mol. The van der Waals surface area contributed by atoms with Crippen molar-refractivity contribution in [3.8, 4) is 51.7 Å². The second-order valence-corrected chi connectivity index (χ2v) is 7.01. The number of aliphatic imine (C=N–C) groups is 1. The minimum atomic E-state index is -1.75. The fraction of sp³-hybridized carbons (Fsp3) is 0. The van der Waals surface area contributed by atoms with Crippen LogP contribution in [0.4, 0.5) is 0 Å². The van der Waals surface area contributed by atoms with Gasteiger partial charge in [0.05, 0.1) is 34.1 Å². The molecule has 0 fully saturated rings. The molecule has 0 aliphatic carbocycles. The summed E-state index contributed by atoms with van der Waals surface area (Å²) in [7, 11) is 0. The first-order chi connectivity index (χ1) is 19.0. The van der Waals surface area contributed by atoms with Gasteiger partial charge in [0.1, 0.15) is 22.8 Å². The van der Waals surface area contributed by atoms with E-state index in [1.807, 2.05) is 72.8 Å². The van der Waals surface area contributed by atoms with Crippen LogP contribution >= 0.6 is 0 Å². The smallest absolute Gasteiger partial charge is 0.457 e. The van der Waals surface area contributed by atoms with Gasteiger partial charge in [0.2, 0.25) is 0 Å². The van der Waals surface area contributed by atoms with Crippen LogP contribution in [0.15, 0.2) is 103 Å². The fourth-order valence-electron chi connectivity index (χ4n) is 3.18. The van der Waals surface area contributed by atoms with Crippen molar-refractivity contribution in [2.45, 2.75) is 0 Å². The van der Waals surface area contributed by atoms with Gasteiger partial charge in [0.15, 0.2) is 0 Å². The van der Waals surface area contributed by atoms with Crippen LogP contribution in [0.25, 0.3) is 51.0 Å². The molecule has 5 aromatic heterocycles. The molecule has 0 amide bonds. The summed E-state index contributed by atoms with van der Waals surface area (Å²) in [6, 6.07) is 24.2. The van der Waals surface area contributed by atoms with Gasteiger partial charge in [-0.2, -0.15) is 5.26 Å². The molecule has 0 saturated carbocycles. The maximum atomic E-state index is 8.25. The maximum Gasteiger partial charge on any atom is 2.00 e. The van der Waals surface area contributed by atoms with Gasteiger partial charge in [-0.1, -0.05) is 24.3 Å². The zero-order chi connectivity index (χ0) is 27.9. The van der Waals surface area contributed by atoms with Crippen LogP contribution in [-0.2, 0) is 22.5 Å².